The van der Waals surface area contributed by atoms with Gasteiger partial charge in [-0.3, -0.25) is 4.79 Å². The second kappa shape index (κ2) is 8.85. The Morgan fingerprint density at radius 1 is 1.27 bits per heavy atom. The molecule has 1 heterocycles. The van der Waals surface area contributed by atoms with E-state index in [1.54, 1.807) is 18.2 Å². The van der Waals surface area contributed by atoms with E-state index in [2.05, 4.69) is 12.2 Å². The molecule has 2 saturated carbocycles. The van der Waals surface area contributed by atoms with Crippen molar-refractivity contribution in [1.29, 1.82) is 0 Å². The number of nitrogens with one attached hydrogen (secondary N) is 1. The average molecular weight is 437 g/mol. The molecule has 0 spiro atoms. The number of benzene rings is 1. The molecule has 0 radical (unpaired) electrons. The normalized spacial score (nSPS) is 27.7. The first-order valence-electron chi connectivity index (χ1n) is 10.9. The molecule has 1 aliphatic heterocycles. The number of amides is 1. The number of carbonyl (C=O) groups is 1. The molecular formula is C22H32N2O5S. The second-order valence-electron chi connectivity index (χ2n) is 8.87. The molecule has 3 fully saturated rings. The van der Waals surface area contributed by atoms with E-state index in [9.17, 15) is 13.2 Å². The summed E-state index contributed by atoms with van der Waals surface area (Å²) in [4.78, 5) is 12.8. The highest BCUT2D eigenvalue weighted by Gasteiger charge is 2.42. The monoisotopic (exact) mass is 436 g/mol. The van der Waals surface area contributed by atoms with Crippen LogP contribution in [-0.4, -0.2) is 58.1 Å². The number of fused-ring (bicyclic) bond motifs is 2. The number of sulfonamides is 1. The predicted molar refractivity (Wildman–Crippen MR) is 113 cm³/mol. The van der Waals surface area contributed by atoms with Gasteiger partial charge in [-0.2, -0.15) is 4.31 Å². The second-order valence-corrected chi connectivity index (χ2v) is 10.8. The molecule has 2 aliphatic carbocycles. The van der Waals surface area contributed by atoms with Crippen molar-refractivity contribution in [1.82, 2.24) is 9.62 Å². The Bertz CT molecular complexity index is 882. The van der Waals surface area contributed by atoms with Crippen molar-refractivity contribution in [3.8, 4) is 5.75 Å². The van der Waals surface area contributed by atoms with E-state index in [1.807, 2.05) is 0 Å². The summed E-state index contributed by atoms with van der Waals surface area (Å²) in [6.07, 6.45) is 5.31. The molecule has 1 amide bonds. The maximum atomic E-state index is 13.1. The van der Waals surface area contributed by atoms with E-state index in [-0.39, 0.29) is 23.3 Å². The van der Waals surface area contributed by atoms with Crippen molar-refractivity contribution in [3.63, 3.8) is 0 Å². The zero-order valence-electron chi connectivity index (χ0n) is 17.8. The molecule has 0 unspecified atom stereocenters. The Balaban J connectivity index is 1.45. The first kappa shape index (κ1) is 21.6. The lowest BCUT2D eigenvalue weighted by Gasteiger charge is -2.28. The zero-order valence-corrected chi connectivity index (χ0v) is 18.6. The summed E-state index contributed by atoms with van der Waals surface area (Å²) in [6, 6.07) is 5.13. The van der Waals surface area contributed by atoms with Crippen LogP contribution in [0.3, 0.4) is 0 Å². The van der Waals surface area contributed by atoms with Crippen LogP contribution >= 0.6 is 0 Å². The fraction of sp³-hybridized carbons (Fsp3) is 0.682. The number of carbonyl (C=O) groups excluding carboxylic acids is 1. The lowest BCUT2D eigenvalue weighted by atomic mass is 9.84. The van der Waals surface area contributed by atoms with Crippen LogP contribution in [0.25, 0.3) is 0 Å². The van der Waals surface area contributed by atoms with Gasteiger partial charge in [-0.15, -0.1) is 0 Å². The summed E-state index contributed by atoms with van der Waals surface area (Å²) < 4.78 is 38.2. The van der Waals surface area contributed by atoms with Crippen LogP contribution in [0.5, 0.6) is 5.75 Å². The smallest absolute Gasteiger partial charge is 0.246 e. The molecule has 166 valence electrons. The third-order valence-electron chi connectivity index (χ3n) is 7.00. The largest absolute Gasteiger partial charge is 0.495 e. The average Bonchev–Trinajstić information content (AvgIpc) is 3.38. The Morgan fingerprint density at radius 2 is 2.03 bits per heavy atom. The van der Waals surface area contributed by atoms with Crippen LogP contribution in [0.1, 0.15) is 38.2 Å². The summed E-state index contributed by atoms with van der Waals surface area (Å²) in [5.74, 6) is 2.39. The number of rotatable bonds is 7. The Kier molecular flexibility index (Phi) is 6.36. The topological polar surface area (TPSA) is 84.9 Å². The third kappa shape index (κ3) is 4.36. The Labute approximate surface area is 179 Å². The first-order chi connectivity index (χ1) is 14.4. The molecule has 4 atom stereocenters. The van der Waals surface area contributed by atoms with Crippen LogP contribution in [0, 0.1) is 17.8 Å². The van der Waals surface area contributed by atoms with Crippen LogP contribution < -0.4 is 10.1 Å². The summed E-state index contributed by atoms with van der Waals surface area (Å²) in [6.45, 7) is 3.50. The maximum absolute atomic E-state index is 13.1. The van der Waals surface area contributed by atoms with Crippen molar-refractivity contribution in [2.45, 2.75) is 50.0 Å². The van der Waals surface area contributed by atoms with E-state index in [0.717, 1.165) is 11.8 Å². The molecule has 1 saturated heterocycles. The molecule has 8 heteroatoms. The number of morpholine rings is 1. The van der Waals surface area contributed by atoms with Crippen LogP contribution in [0.2, 0.25) is 0 Å². The predicted octanol–water partition coefficient (Wildman–Crippen LogP) is 2.20. The van der Waals surface area contributed by atoms with Gasteiger partial charge in [-0.25, -0.2) is 8.42 Å². The summed E-state index contributed by atoms with van der Waals surface area (Å²) >= 11 is 0. The molecule has 30 heavy (non-hydrogen) atoms. The van der Waals surface area contributed by atoms with Crippen molar-refractivity contribution < 1.29 is 22.7 Å². The number of ether oxygens (including phenoxy) is 2. The standard InChI is InChI=1S/C22H32N2O5S/c1-15(19-12-16-3-5-18(19)11-16)23-22(25)14-17-4-6-20(28-2)21(13-17)30(26,27)24-7-9-29-10-8-24/h4,6,13,15-16,18-19H,3,5,7-12,14H2,1-2H3,(H,23,25)/t15-,16-,18-,19-/m0/s1. The minimum Gasteiger partial charge on any atom is -0.495 e. The fourth-order valence-corrected chi connectivity index (χ4v) is 7.08. The van der Waals surface area contributed by atoms with Gasteiger partial charge in [-0.05, 0) is 61.6 Å². The van der Waals surface area contributed by atoms with Gasteiger partial charge in [0.05, 0.1) is 26.7 Å². The third-order valence-corrected chi connectivity index (χ3v) is 8.92. The van der Waals surface area contributed by atoms with Crippen molar-refractivity contribution in [2.75, 3.05) is 33.4 Å². The molecular weight excluding hydrogens is 404 g/mol. The van der Waals surface area contributed by atoms with E-state index < -0.39 is 10.0 Å². The van der Waals surface area contributed by atoms with Crippen LogP contribution in [-0.2, 0) is 26.0 Å². The highest BCUT2D eigenvalue weighted by molar-refractivity contribution is 7.89. The van der Waals surface area contributed by atoms with Gasteiger partial charge >= 0.3 is 0 Å². The number of methoxy groups -OCH3 is 1. The lowest BCUT2D eigenvalue weighted by molar-refractivity contribution is -0.121. The summed E-state index contributed by atoms with van der Waals surface area (Å²) in [7, 11) is -2.25. The van der Waals surface area contributed by atoms with Gasteiger partial charge in [0, 0.05) is 19.1 Å². The van der Waals surface area contributed by atoms with E-state index in [0.29, 0.717) is 43.5 Å². The first-order valence-corrected chi connectivity index (χ1v) is 12.4. The van der Waals surface area contributed by atoms with Gasteiger partial charge < -0.3 is 14.8 Å². The quantitative estimate of drug-likeness (QED) is 0.708. The van der Waals surface area contributed by atoms with Gasteiger partial charge in [0.2, 0.25) is 15.9 Å². The minimum atomic E-state index is -3.71. The molecule has 7 nitrogen and oxygen atoms in total. The van der Waals surface area contributed by atoms with Gasteiger partial charge in [-0.1, -0.05) is 12.5 Å². The van der Waals surface area contributed by atoms with Gasteiger partial charge in [0.25, 0.3) is 0 Å². The molecule has 1 aromatic rings. The van der Waals surface area contributed by atoms with Crippen molar-refractivity contribution in [3.05, 3.63) is 23.8 Å². The van der Waals surface area contributed by atoms with E-state index in [4.69, 9.17) is 9.47 Å². The Hall–Kier alpha value is -1.64. The number of hydrogen-bond donors (Lipinski definition) is 1. The molecule has 4 rings (SSSR count). The summed E-state index contributed by atoms with van der Waals surface area (Å²) in [5, 5.41) is 3.16. The number of hydrogen-bond acceptors (Lipinski definition) is 5. The lowest BCUT2D eigenvalue weighted by Crippen LogP contribution is -2.41. The molecule has 2 bridgehead atoms. The molecule has 1 aromatic carbocycles. The van der Waals surface area contributed by atoms with E-state index in [1.165, 1.54) is 37.1 Å². The summed E-state index contributed by atoms with van der Waals surface area (Å²) in [5.41, 5.74) is 0.667. The number of nitrogens with zero attached hydrogens (tertiary/aromatic N) is 1. The molecule has 0 aromatic heterocycles. The molecule has 3 aliphatic rings. The van der Waals surface area contributed by atoms with E-state index >= 15 is 0 Å². The maximum Gasteiger partial charge on any atom is 0.246 e. The highest BCUT2D eigenvalue weighted by Crippen LogP contribution is 2.49. The van der Waals surface area contributed by atoms with Crippen LogP contribution in [0.4, 0.5) is 0 Å². The zero-order chi connectivity index (χ0) is 21.3. The highest BCUT2D eigenvalue weighted by atomic mass is 32.2. The SMILES string of the molecule is COc1ccc(CC(=O)N[C@@H](C)[C@@H]2C[C@H]3CC[C@H]2C3)cc1S(=O)(=O)N1CCOCC1. The Morgan fingerprint density at radius 3 is 2.67 bits per heavy atom. The fourth-order valence-electron chi connectivity index (χ4n) is 5.46. The molecule has 1 N–H and O–H groups in total. The minimum absolute atomic E-state index is 0.0647. The van der Waals surface area contributed by atoms with Gasteiger partial charge in [0.1, 0.15) is 10.6 Å². The van der Waals surface area contributed by atoms with Crippen molar-refractivity contribution in [2.24, 2.45) is 17.8 Å². The van der Waals surface area contributed by atoms with Crippen LogP contribution in [0.15, 0.2) is 23.1 Å². The van der Waals surface area contributed by atoms with Crippen molar-refractivity contribution >= 4 is 15.9 Å². The van der Waals surface area contributed by atoms with Gasteiger partial charge in [0.15, 0.2) is 0 Å².